The third kappa shape index (κ3) is 1.29. The zero-order chi connectivity index (χ0) is 9.42. The van der Waals surface area contributed by atoms with Crippen molar-refractivity contribution in [1.29, 1.82) is 0 Å². The lowest BCUT2D eigenvalue weighted by atomic mass is 10.1. The van der Waals surface area contributed by atoms with Crippen molar-refractivity contribution in [3.05, 3.63) is 40.5 Å². The molecule has 2 heteroatoms. The van der Waals surface area contributed by atoms with Crippen LogP contribution in [-0.4, -0.2) is 4.98 Å². The number of fused-ring (bicyclic) bond motifs is 1. The van der Waals surface area contributed by atoms with Crippen LogP contribution in [0.15, 0.2) is 24.4 Å². The molecule has 0 atom stereocenters. The molecule has 66 valence electrons. The number of aromatic nitrogens is 1. The van der Waals surface area contributed by atoms with Crippen LogP contribution in [0.5, 0.6) is 0 Å². The smallest absolute Gasteiger partial charge is 0.0719 e. The van der Waals surface area contributed by atoms with Crippen LogP contribution in [-0.2, 0) is 0 Å². The molecule has 2 rings (SSSR count). The first-order chi connectivity index (χ1) is 6.20. The average molecular weight is 192 g/mol. The van der Waals surface area contributed by atoms with Crippen LogP contribution in [0.2, 0.25) is 5.02 Å². The van der Waals surface area contributed by atoms with Gasteiger partial charge in [-0.2, -0.15) is 0 Å². The summed E-state index contributed by atoms with van der Waals surface area (Å²) in [6.45, 7) is 4.08. The number of benzene rings is 1. The molecule has 1 aromatic carbocycles. The molecule has 2 aromatic rings. The highest BCUT2D eigenvalue weighted by atomic mass is 35.5. The standard InChI is InChI=1S/C11H10ClN/c1-7-6-10-9(4-3-5-13-10)11(12)8(7)2/h3-6H,1-2H3. The van der Waals surface area contributed by atoms with Crippen molar-refractivity contribution in [3.63, 3.8) is 0 Å². The lowest BCUT2D eigenvalue weighted by Crippen LogP contribution is -1.86. The Bertz CT molecular complexity index is 463. The van der Waals surface area contributed by atoms with Gasteiger partial charge in [0, 0.05) is 11.6 Å². The summed E-state index contributed by atoms with van der Waals surface area (Å²) in [6.07, 6.45) is 1.79. The second-order valence-electron chi connectivity index (χ2n) is 3.20. The van der Waals surface area contributed by atoms with Crippen molar-refractivity contribution in [2.24, 2.45) is 0 Å². The summed E-state index contributed by atoms with van der Waals surface area (Å²) in [4.78, 5) is 4.26. The minimum atomic E-state index is 0.822. The maximum absolute atomic E-state index is 6.19. The third-order valence-corrected chi connectivity index (χ3v) is 2.84. The first-order valence-corrected chi connectivity index (χ1v) is 4.58. The van der Waals surface area contributed by atoms with Crippen molar-refractivity contribution in [2.75, 3.05) is 0 Å². The van der Waals surface area contributed by atoms with Gasteiger partial charge in [0.1, 0.15) is 0 Å². The van der Waals surface area contributed by atoms with Crippen LogP contribution in [0.1, 0.15) is 11.1 Å². The fraction of sp³-hybridized carbons (Fsp3) is 0.182. The summed E-state index contributed by atoms with van der Waals surface area (Å²) >= 11 is 6.19. The van der Waals surface area contributed by atoms with Gasteiger partial charge >= 0.3 is 0 Å². The maximum Gasteiger partial charge on any atom is 0.0719 e. The second-order valence-corrected chi connectivity index (χ2v) is 3.58. The van der Waals surface area contributed by atoms with Gasteiger partial charge in [-0.05, 0) is 43.2 Å². The minimum Gasteiger partial charge on any atom is -0.256 e. The summed E-state index contributed by atoms with van der Waals surface area (Å²) < 4.78 is 0. The van der Waals surface area contributed by atoms with Gasteiger partial charge in [-0.15, -0.1) is 0 Å². The van der Waals surface area contributed by atoms with Gasteiger partial charge < -0.3 is 0 Å². The molecule has 13 heavy (non-hydrogen) atoms. The molecule has 0 fully saturated rings. The molecule has 1 aromatic heterocycles. The number of nitrogens with zero attached hydrogens (tertiary/aromatic N) is 1. The molecule has 0 bridgehead atoms. The predicted octanol–water partition coefficient (Wildman–Crippen LogP) is 3.51. The topological polar surface area (TPSA) is 12.9 Å². The zero-order valence-corrected chi connectivity index (χ0v) is 8.39. The molecule has 0 aliphatic rings. The van der Waals surface area contributed by atoms with E-state index in [9.17, 15) is 0 Å². The highest BCUT2D eigenvalue weighted by Crippen LogP contribution is 2.27. The van der Waals surface area contributed by atoms with E-state index in [1.165, 1.54) is 5.56 Å². The molecule has 0 amide bonds. The predicted molar refractivity (Wildman–Crippen MR) is 56.2 cm³/mol. The Balaban J connectivity index is 2.94. The Labute approximate surface area is 82.4 Å². The van der Waals surface area contributed by atoms with E-state index < -0.39 is 0 Å². The second kappa shape index (κ2) is 3.00. The summed E-state index contributed by atoms with van der Waals surface area (Å²) in [5.41, 5.74) is 3.30. The van der Waals surface area contributed by atoms with Crippen LogP contribution in [0.4, 0.5) is 0 Å². The summed E-state index contributed by atoms with van der Waals surface area (Å²) in [6, 6.07) is 5.97. The molecule has 0 N–H and O–H groups in total. The molecule has 0 aliphatic carbocycles. The number of halogens is 1. The van der Waals surface area contributed by atoms with Crippen molar-refractivity contribution in [3.8, 4) is 0 Å². The summed E-state index contributed by atoms with van der Waals surface area (Å²) in [5, 5.41) is 1.86. The largest absolute Gasteiger partial charge is 0.256 e. The molecular weight excluding hydrogens is 182 g/mol. The Hall–Kier alpha value is -1.08. The lowest BCUT2D eigenvalue weighted by molar-refractivity contribution is 1.33. The maximum atomic E-state index is 6.19. The van der Waals surface area contributed by atoms with Gasteiger partial charge in [0.25, 0.3) is 0 Å². The fourth-order valence-corrected chi connectivity index (χ4v) is 1.72. The summed E-state index contributed by atoms with van der Waals surface area (Å²) in [5.74, 6) is 0. The fourth-order valence-electron chi connectivity index (χ4n) is 1.41. The third-order valence-electron chi connectivity index (χ3n) is 2.35. The van der Waals surface area contributed by atoms with E-state index in [-0.39, 0.29) is 0 Å². The number of rotatable bonds is 0. The van der Waals surface area contributed by atoms with Crippen molar-refractivity contribution < 1.29 is 0 Å². The van der Waals surface area contributed by atoms with Crippen LogP contribution < -0.4 is 0 Å². The molecule has 0 unspecified atom stereocenters. The van der Waals surface area contributed by atoms with Gasteiger partial charge in [0.2, 0.25) is 0 Å². The van der Waals surface area contributed by atoms with Gasteiger partial charge in [0.05, 0.1) is 10.5 Å². The number of aryl methyl sites for hydroxylation is 1. The highest BCUT2D eigenvalue weighted by molar-refractivity contribution is 6.36. The Morgan fingerprint density at radius 2 is 2.08 bits per heavy atom. The van der Waals surface area contributed by atoms with E-state index in [1.807, 2.05) is 19.1 Å². The first-order valence-electron chi connectivity index (χ1n) is 4.20. The number of pyridine rings is 1. The monoisotopic (exact) mass is 191 g/mol. The van der Waals surface area contributed by atoms with Crippen LogP contribution in [0, 0.1) is 13.8 Å². The van der Waals surface area contributed by atoms with Gasteiger partial charge in [-0.25, -0.2) is 0 Å². The molecule has 0 saturated heterocycles. The van der Waals surface area contributed by atoms with Gasteiger partial charge in [-0.1, -0.05) is 11.6 Å². The van der Waals surface area contributed by atoms with E-state index in [1.54, 1.807) is 6.20 Å². The van der Waals surface area contributed by atoms with Crippen LogP contribution >= 0.6 is 11.6 Å². The van der Waals surface area contributed by atoms with E-state index in [0.29, 0.717) is 0 Å². The highest BCUT2D eigenvalue weighted by Gasteiger charge is 2.04. The van der Waals surface area contributed by atoms with Gasteiger partial charge in [0.15, 0.2) is 0 Å². The first kappa shape index (κ1) is 8.52. The summed E-state index contributed by atoms with van der Waals surface area (Å²) in [7, 11) is 0. The molecule has 0 spiro atoms. The lowest BCUT2D eigenvalue weighted by Gasteiger charge is -2.06. The molecule has 0 aliphatic heterocycles. The van der Waals surface area contributed by atoms with Gasteiger partial charge in [-0.3, -0.25) is 4.98 Å². The van der Waals surface area contributed by atoms with Crippen molar-refractivity contribution in [2.45, 2.75) is 13.8 Å². The quantitative estimate of drug-likeness (QED) is 0.621. The molecule has 0 radical (unpaired) electrons. The van der Waals surface area contributed by atoms with E-state index in [2.05, 4.69) is 18.0 Å². The normalized spacial score (nSPS) is 10.7. The number of hydrogen-bond donors (Lipinski definition) is 0. The van der Waals surface area contributed by atoms with Crippen LogP contribution in [0.25, 0.3) is 10.9 Å². The van der Waals surface area contributed by atoms with Crippen molar-refractivity contribution >= 4 is 22.5 Å². The van der Waals surface area contributed by atoms with Crippen LogP contribution in [0.3, 0.4) is 0 Å². The Morgan fingerprint density at radius 3 is 2.85 bits per heavy atom. The molecule has 1 nitrogen and oxygen atoms in total. The van der Waals surface area contributed by atoms with E-state index >= 15 is 0 Å². The SMILES string of the molecule is Cc1cc2ncccc2c(Cl)c1C. The Kier molecular flexibility index (Phi) is 1.97. The van der Waals surface area contributed by atoms with Crippen molar-refractivity contribution in [1.82, 2.24) is 4.98 Å². The average Bonchev–Trinajstić information content (AvgIpc) is 2.15. The van der Waals surface area contributed by atoms with E-state index in [0.717, 1.165) is 21.5 Å². The van der Waals surface area contributed by atoms with E-state index in [4.69, 9.17) is 11.6 Å². The zero-order valence-electron chi connectivity index (χ0n) is 7.63. The molecular formula is C11H10ClN. The Morgan fingerprint density at radius 1 is 1.31 bits per heavy atom. The minimum absolute atomic E-state index is 0.822. The molecule has 1 heterocycles. The molecule has 0 saturated carbocycles. The number of hydrogen-bond acceptors (Lipinski definition) is 1.